The second-order valence-corrected chi connectivity index (χ2v) is 8.38. The SMILES string of the molecule is O=C(NC(=S)NCc1cccc(CNC(=S)NC(=O)OCc2ccccc2)c1)OCc1ccccc1. The first kappa shape index (κ1) is 26.6. The number of benzene rings is 3. The zero-order valence-corrected chi connectivity index (χ0v) is 21.0. The second-order valence-electron chi connectivity index (χ2n) is 7.56. The van der Waals surface area contributed by atoms with Gasteiger partial charge in [-0.3, -0.25) is 10.6 Å². The van der Waals surface area contributed by atoms with E-state index in [1.54, 1.807) is 0 Å². The molecule has 3 rings (SSSR count). The summed E-state index contributed by atoms with van der Waals surface area (Å²) in [7, 11) is 0. The minimum absolute atomic E-state index is 0.159. The van der Waals surface area contributed by atoms with Crippen molar-refractivity contribution >= 4 is 46.8 Å². The van der Waals surface area contributed by atoms with Crippen LogP contribution in [0, 0.1) is 0 Å². The molecule has 3 aromatic rings. The topological polar surface area (TPSA) is 101 Å². The highest BCUT2D eigenvalue weighted by molar-refractivity contribution is 7.80. The first-order chi connectivity index (χ1) is 17.5. The van der Waals surface area contributed by atoms with Gasteiger partial charge in [0.05, 0.1) is 0 Å². The average molecular weight is 523 g/mol. The summed E-state index contributed by atoms with van der Waals surface area (Å²) in [6.45, 7) is 1.12. The number of thiocarbonyl (C=S) groups is 2. The molecule has 2 amide bonds. The number of rotatable bonds is 8. The van der Waals surface area contributed by atoms with Crippen LogP contribution in [0.2, 0.25) is 0 Å². The van der Waals surface area contributed by atoms with Crippen LogP contribution < -0.4 is 21.3 Å². The molecule has 0 aliphatic rings. The van der Waals surface area contributed by atoms with Gasteiger partial charge in [0.1, 0.15) is 13.2 Å². The largest absolute Gasteiger partial charge is 0.444 e. The lowest BCUT2D eigenvalue weighted by Gasteiger charge is -2.12. The third-order valence-electron chi connectivity index (χ3n) is 4.75. The van der Waals surface area contributed by atoms with Crippen LogP contribution in [-0.4, -0.2) is 22.4 Å². The number of carbonyl (C=O) groups is 2. The van der Waals surface area contributed by atoms with Gasteiger partial charge >= 0.3 is 12.2 Å². The number of amides is 2. The van der Waals surface area contributed by atoms with Crippen molar-refractivity contribution in [3.63, 3.8) is 0 Å². The van der Waals surface area contributed by atoms with Crippen LogP contribution in [0.15, 0.2) is 84.9 Å². The zero-order valence-electron chi connectivity index (χ0n) is 19.4. The number of hydrogen-bond acceptors (Lipinski definition) is 6. The molecule has 186 valence electrons. The Morgan fingerprint density at radius 1 is 0.583 bits per heavy atom. The monoisotopic (exact) mass is 522 g/mol. The van der Waals surface area contributed by atoms with Crippen molar-refractivity contribution < 1.29 is 19.1 Å². The molecule has 8 nitrogen and oxygen atoms in total. The molecule has 0 heterocycles. The molecular weight excluding hydrogens is 496 g/mol. The molecule has 0 atom stereocenters. The van der Waals surface area contributed by atoms with Crippen molar-refractivity contribution in [2.75, 3.05) is 0 Å². The van der Waals surface area contributed by atoms with Crippen LogP contribution in [0.1, 0.15) is 22.3 Å². The molecule has 0 saturated carbocycles. The molecule has 36 heavy (non-hydrogen) atoms. The fourth-order valence-electron chi connectivity index (χ4n) is 3.01. The molecule has 0 aromatic heterocycles. The highest BCUT2D eigenvalue weighted by Crippen LogP contribution is 2.06. The highest BCUT2D eigenvalue weighted by Gasteiger charge is 2.08. The standard InChI is InChI=1S/C26H26N4O4S2/c31-25(33-17-19-8-3-1-4-9-19)29-23(35)27-15-21-12-7-13-22(14-21)16-28-24(36)30-26(32)34-18-20-10-5-2-6-11-20/h1-14H,15-18H2,(H2,27,29,31,35)(H2,28,30,32,36). The Morgan fingerprint density at radius 3 is 1.39 bits per heavy atom. The molecule has 3 aromatic carbocycles. The van der Waals surface area contributed by atoms with E-state index in [1.807, 2.05) is 84.9 Å². The van der Waals surface area contributed by atoms with Gasteiger partial charge in [-0.15, -0.1) is 0 Å². The van der Waals surface area contributed by atoms with E-state index < -0.39 is 12.2 Å². The second kappa shape index (κ2) is 14.4. The van der Waals surface area contributed by atoms with E-state index >= 15 is 0 Å². The molecule has 0 aliphatic carbocycles. The van der Waals surface area contributed by atoms with E-state index in [1.165, 1.54) is 0 Å². The number of alkyl carbamates (subject to hydrolysis) is 2. The smallest absolute Gasteiger partial charge is 0.413 e. The summed E-state index contributed by atoms with van der Waals surface area (Å²) in [6, 6.07) is 26.4. The molecule has 4 N–H and O–H groups in total. The van der Waals surface area contributed by atoms with Gasteiger partial charge in [0.25, 0.3) is 0 Å². The summed E-state index contributed by atoms with van der Waals surface area (Å²) in [5, 5.41) is 11.3. The van der Waals surface area contributed by atoms with Crippen molar-refractivity contribution in [1.82, 2.24) is 21.3 Å². The number of carbonyl (C=O) groups excluding carboxylic acids is 2. The summed E-state index contributed by atoms with van der Waals surface area (Å²) in [4.78, 5) is 23.8. The van der Waals surface area contributed by atoms with E-state index in [0.29, 0.717) is 13.1 Å². The molecule has 0 bridgehead atoms. The van der Waals surface area contributed by atoms with Crippen LogP contribution >= 0.6 is 24.4 Å². The van der Waals surface area contributed by atoms with Gasteiger partial charge in [0.2, 0.25) is 0 Å². The van der Waals surface area contributed by atoms with Crippen molar-refractivity contribution in [1.29, 1.82) is 0 Å². The van der Waals surface area contributed by atoms with Crippen molar-refractivity contribution in [3.05, 3.63) is 107 Å². The Labute approximate surface area is 220 Å². The molecule has 0 fully saturated rings. The molecule has 0 unspecified atom stereocenters. The maximum atomic E-state index is 11.9. The highest BCUT2D eigenvalue weighted by atomic mass is 32.1. The van der Waals surface area contributed by atoms with E-state index in [-0.39, 0.29) is 23.4 Å². The number of hydrogen-bond donors (Lipinski definition) is 4. The van der Waals surface area contributed by atoms with Crippen LogP contribution in [0.3, 0.4) is 0 Å². The third kappa shape index (κ3) is 10.1. The van der Waals surface area contributed by atoms with Gasteiger partial charge in [0.15, 0.2) is 10.2 Å². The lowest BCUT2D eigenvalue weighted by Crippen LogP contribution is -2.39. The van der Waals surface area contributed by atoms with Gasteiger partial charge < -0.3 is 20.1 Å². The van der Waals surface area contributed by atoms with Crippen LogP contribution in [0.5, 0.6) is 0 Å². The van der Waals surface area contributed by atoms with E-state index in [4.69, 9.17) is 33.9 Å². The lowest BCUT2D eigenvalue weighted by atomic mass is 10.1. The Kier molecular flexibility index (Phi) is 10.6. The van der Waals surface area contributed by atoms with Gasteiger partial charge in [0, 0.05) is 13.1 Å². The van der Waals surface area contributed by atoms with E-state index in [0.717, 1.165) is 22.3 Å². The third-order valence-corrected chi connectivity index (χ3v) is 5.25. The van der Waals surface area contributed by atoms with E-state index in [2.05, 4.69) is 21.3 Å². The fourth-order valence-corrected chi connectivity index (χ4v) is 3.32. The summed E-state index contributed by atoms with van der Waals surface area (Å²) in [5.41, 5.74) is 3.65. The minimum atomic E-state index is -0.627. The molecule has 0 saturated heterocycles. The quantitative estimate of drug-likeness (QED) is 0.325. The summed E-state index contributed by atoms with van der Waals surface area (Å²) >= 11 is 10.3. The fraction of sp³-hybridized carbons (Fsp3) is 0.154. The van der Waals surface area contributed by atoms with Crippen molar-refractivity contribution in [2.24, 2.45) is 0 Å². The van der Waals surface area contributed by atoms with Crippen LogP contribution in [0.25, 0.3) is 0 Å². The van der Waals surface area contributed by atoms with Crippen LogP contribution in [0.4, 0.5) is 9.59 Å². The predicted octanol–water partition coefficient (Wildman–Crippen LogP) is 4.29. The maximum absolute atomic E-state index is 11.9. The van der Waals surface area contributed by atoms with Crippen LogP contribution in [-0.2, 0) is 35.8 Å². The molecular formula is C26H26N4O4S2. The first-order valence-electron chi connectivity index (χ1n) is 11.1. The van der Waals surface area contributed by atoms with Crippen molar-refractivity contribution in [3.8, 4) is 0 Å². The lowest BCUT2D eigenvalue weighted by molar-refractivity contribution is 0.144. The van der Waals surface area contributed by atoms with Crippen molar-refractivity contribution in [2.45, 2.75) is 26.3 Å². The Bertz CT molecular complexity index is 1090. The summed E-state index contributed by atoms with van der Waals surface area (Å²) in [6.07, 6.45) is -1.25. The van der Waals surface area contributed by atoms with Gasteiger partial charge in [-0.05, 0) is 46.7 Å². The molecule has 0 aliphatic heterocycles. The zero-order chi connectivity index (χ0) is 25.6. The van der Waals surface area contributed by atoms with Gasteiger partial charge in [-0.2, -0.15) is 0 Å². The van der Waals surface area contributed by atoms with E-state index in [9.17, 15) is 9.59 Å². The maximum Gasteiger partial charge on any atom is 0.413 e. The normalized spacial score (nSPS) is 10.0. The average Bonchev–Trinajstić information content (AvgIpc) is 2.90. The number of nitrogens with one attached hydrogen (secondary N) is 4. The minimum Gasteiger partial charge on any atom is -0.444 e. The molecule has 10 heteroatoms. The van der Waals surface area contributed by atoms with Gasteiger partial charge in [-0.25, -0.2) is 9.59 Å². The Hall–Kier alpha value is -4.02. The molecule has 0 radical (unpaired) electrons. The Morgan fingerprint density at radius 2 is 0.972 bits per heavy atom. The molecule has 0 spiro atoms. The predicted molar refractivity (Wildman–Crippen MR) is 145 cm³/mol. The number of ether oxygens (including phenoxy) is 2. The summed E-state index contributed by atoms with van der Waals surface area (Å²) < 4.78 is 10.3. The first-order valence-corrected chi connectivity index (χ1v) is 11.9. The van der Waals surface area contributed by atoms with Gasteiger partial charge in [-0.1, -0.05) is 84.9 Å². The summed E-state index contributed by atoms with van der Waals surface area (Å²) in [5.74, 6) is 0. The Balaban J connectivity index is 1.34.